The van der Waals surface area contributed by atoms with Crippen LogP contribution >= 0.6 is 23.4 Å². The molecule has 16 heavy (non-hydrogen) atoms. The van der Waals surface area contributed by atoms with E-state index in [1.807, 2.05) is 18.2 Å². The highest BCUT2D eigenvalue weighted by Gasteiger charge is 2.02. The molecular formula is C9H10N2O3S2. The summed E-state index contributed by atoms with van der Waals surface area (Å²) in [5.74, 6) is -0.135. The van der Waals surface area contributed by atoms with Gasteiger partial charge in [-0.1, -0.05) is 17.4 Å². The van der Waals surface area contributed by atoms with Crippen molar-refractivity contribution >= 4 is 38.7 Å². The molecule has 0 aliphatic carbocycles. The minimum Gasteiger partial charge on any atom is -0.383 e. The van der Waals surface area contributed by atoms with Gasteiger partial charge in [-0.25, -0.2) is 9.87 Å². The van der Waals surface area contributed by atoms with Crippen LogP contribution in [0.25, 0.3) is 10.2 Å². The Labute approximate surface area is 100 Å². The Morgan fingerprint density at radius 3 is 3.19 bits per heavy atom. The molecule has 5 nitrogen and oxygen atoms in total. The van der Waals surface area contributed by atoms with Crippen LogP contribution in [-0.4, -0.2) is 16.0 Å². The molecule has 0 bridgehead atoms. The van der Waals surface area contributed by atoms with Gasteiger partial charge in [0.2, 0.25) is 0 Å². The van der Waals surface area contributed by atoms with Gasteiger partial charge in [0.25, 0.3) is 0 Å². The number of fused-ring (bicyclic) bond motifs is 1. The molecule has 1 heterocycles. The van der Waals surface area contributed by atoms with Crippen LogP contribution in [-0.2, 0) is 15.8 Å². The van der Waals surface area contributed by atoms with Crippen LogP contribution in [0.2, 0.25) is 0 Å². The van der Waals surface area contributed by atoms with Gasteiger partial charge in [-0.2, -0.15) is 4.33 Å². The topological polar surface area (TPSA) is 77.6 Å². The summed E-state index contributed by atoms with van der Waals surface area (Å²) in [6.45, 7) is 0.320. The fraction of sp³-hybridized carbons (Fsp3) is 0.222. The second-order valence-electron chi connectivity index (χ2n) is 2.93. The van der Waals surface area contributed by atoms with Crippen LogP contribution in [0.1, 0.15) is 5.56 Å². The molecule has 0 radical (unpaired) electrons. The Morgan fingerprint density at radius 2 is 2.38 bits per heavy atom. The lowest BCUT2D eigenvalue weighted by molar-refractivity contribution is -0.202. The van der Waals surface area contributed by atoms with Crippen molar-refractivity contribution in [2.45, 2.75) is 6.61 Å². The number of hydrogen-bond acceptors (Lipinski definition) is 7. The molecule has 0 fully saturated rings. The van der Waals surface area contributed by atoms with E-state index in [1.165, 1.54) is 11.3 Å². The van der Waals surface area contributed by atoms with E-state index in [9.17, 15) is 0 Å². The van der Waals surface area contributed by atoms with Gasteiger partial charge in [0.1, 0.15) is 12.5 Å². The maximum absolute atomic E-state index is 8.45. The lowest BCUT2D eigenvalue weighted by Crippen LogP contribution is -1.90. The highest BCUT2D eigenvalue weighted by molar-refractivity contribution is 7.94. The monoisotopic (exact) mass is 258 g/mol. The number of hydrogen-bond donors (Lipinski definition) is 2. The van der Waals surface area contributed by atoms with Gasteiger partial charge in [-0.15, -0.1) is 0 Å². The molecule has 0 atom stereocenters. The highest BCUT2D eigenvalue weighted by Crippen LogP contribution is 2.24. The maximum Gasteiger partial charge on any atom is 0.181 e. The second kappa shape index (κ2) is 5.46. The average molecular weight is 258 g/mol. The number of nitrogen functional groups attached to an aromatic ring is 1. The summed E-state index contributed by atoms with van der Waals surface area (Å²) in [6, 6.07) is 5.74. The van der Waals surface area contributed by atoms with E-state index < -0.39 is 0 Å². The third-order valence-corrected chi connectivity index (χ3v) is 2.99. The predicted octanol–water partition coefficient (Wildman–Crippen LogP) is 1.92. The van der Waals surface area contributed by atoms with Crippen LogP contribution in [0.5, 0.6) is 0 Å². The molecule has 1 aromatic carbocycles. The molecule has 2 aromatic rings. The minimum absolute atomic E-state index is 0.135. The average Bonchev–Trinajstić information content (AvgIpc) is 2.64. The van der Waals surface area contributed by atoms with E-state index >= 15 is 0 Å². The van der Waals surface area contributed by atoms with E-state index in [0.717, 1.165) is 27.8 Å². The first-order valence-corrected chi connectivity index (χ1v) is 6.19. The summed E-state index contributed by atoms with van der Waals surface area (Å²) < 4.78 is 5.66. The third kappa shape index (κ3) is 2.83. The van der Waals surface area contributed by atoms with Crippen molar-refractivity contribution < 1.29 is 14.3 Å². The van der Waals surface area contributed by atoms with E-state index in [0.29, 0.717) is 11.7 Å². The number of thiazole rings is 1. The van der Waals surface area contributed by atoms with Crippen molar-refractivity contribution in [3.05, 3.63) is 23.8 Å². The van der Waals surface area contributed by atoms with E-state index in [-0.39, 0.29) is 5.94 Å². The van der Waals surface area contributed by atoms with Gasteiger partial charge in [-0.3, -0.25) is 0 Å². The number of benzene rings is 1. The van der Waals surface area contributed by atoms with Crippen LogP contribution in [0.3, 0.4) is 0 Å². The van der Waals surface area contributed by atoms with Gasteiger partial charge >= 0.3 is 0 Å². The fourth-order valence-corrected chi connectivity index (χ4v) is 2.18. The molecule has 0 aliphatic heterocycles. The van der Waals surface area contributed by atoms with E-state index in [1.54, 1.807) is 0 Å². The summed E-state index contributed by atoms with van der Waals surface area (Å²) >= 11 is 2.27. The van der Waals surface area contributed by atoms with Crippen molar-refractivity contribution in [1.82, 2.24) is 4.98 Å². The number of nitrogens with two attached hydrogens (primary N) is 1. The Balaban J connectivity index is 2.02. The molecule has 86 valence electrons. The first-order chi connectivity index (χ1) is 7.79. The number of anilines is 1. The van der Waals surface area contributed by atoms with Crippen LogP contribution in [0.4, 0.5) is 5.13 Å². The SMILES string of the molecule is Nc1nc2ccc(COOSCO)cc2s1. The molecule has 0 saturated carbocycles. The highest BCUT2D eigenvalue weighted by atomic mass is 32.2. The number of nitrogens with zero attached hydrogens (tertiary/aromatic N) is 1. The summed E-state index contributed by atoms with van der Waals surface area (Å²) in [5, 5.41) is 9.00. The molecule has 0 aliphatic rings. The Morgan fingerprint density at radius 1 is 1.50 bits per heavy atom. The van der Waals surface area contributed by atoms with Crippen molar-refractivity contribution in [1.29, 1.82) is 0 Å². The van der Waals surface area contributed by atoms with Crippen LogP contribution in [0, 0.1) is 0 Å². The zero-order valence-electron chi connectivity index (χ0n) is 8.25. The van der Waals surface area contributed by atoms with Gasteiger partial charge in [0, 0.05) is 0 Å². The van der Waals surface area contributed by atoms with E-state index in [2.05, 4.69) is 9.32 Å². The normalized spacial score (nSPS) is 11.1. The summed E-state index contributed by atoms with van der Waals surface area (Å²) in [4.78, 5) is 9.02. The third-order valence-electron chi connectivity index (χ3n) is 1.84. The first-order valence-electron chi connectivity index (χ1n) is 4.46. The van der Waals surface area contributed by atoms with Crippen molar-refractivity contribution in [2.24, 2.45) is 0 Å². The van der Waals surface area contributed by atoms with Crippen molar-refractivity contribution in [3.8, 4) is 0 Å². The largest absolute Gasteiger partial charge is 0.383 e. The van der Waals surface area contributed by atoms with Crippen molar-refractivity contribution in [3.63, 3.8) is 0 Å². The van der Waals surface area contributed by atoms with Gasteiger partial charge < -0.3 is 10.8 Å². The number of rotatable bonds is 5. The van der Waals surface area contributed by atoms with Gasteiger partial charge in [0.05, 0.1) is 22.3 Å². The quantitative estimate of drug-likeness (QED) is 0.280. The molecule has 0 spiro atoms. The predicted molar refractivity (Wildman–Crippen MR) is 64.6 cm³/mol. The van der Waals surface area contributed by atoms with Gasteiger partial charge in [-0.05, 0) is 17.7 Å². The second-order valence-corrected chi connectivity index (χ2v) is 4.62. The lowest BCUT2D eigenvalue weighted by atomic mass is 10.2. The molecule has 7 heteroatoms. The Hall–Kier alpha value is -0.860. The number of aromatic nitrogens is 1. The smallest absolute Gasteiger partial charge is 0.181 e. The zero-order valence-corrected chi connectivity index (χ0v) is 9.88. The van der Waals surface area contributed by atoms with E-state index in [4.69, 9.17) is 15.7 Å². The molecule has 0 unspecified atom stereocenters. The fourth-order valence-electron chi connectivity index (χ4n) is 1.22. The molecule has 0 amide bonds. The van der Waals surface area contributed by atoms with Crippen LogP contribution < -0.4 is 5.73 Å². The van der Waals surface area contributed by atoms with Gasteiger partial charge in [0.15, 0.2) is 5.13 Å². The summed E-state index contributed by atoms with van der Waals surface area (Å²) in [5.41, 5.74) is 7.45. The standard InChI is InChI=1S/C9H10N2O3S2/c10-9-11-7-2-1-6(3-8(7)16-9)4-13-14-15-5-12/h1-3,12H,4-5H2,(H2,10,11). The molecule has 3 N–H and O–H groups in total. The van der Waals surface area contributed by atoms with Crippen molar-refractivity contribution in [2.75, 3.05) is 11.7 Å². The minimum atomic E-state index is -0.135. The summed E-state index contributed by atoms with van der Waals surface area (Å²) in [7, 11) is 0. The summed E-state index contributed by atoms with van der Waals surface area (Å²) in [6.07, 6.45) is 0. The number of aliphatic hydroxyl groups is 1. The Kier molecular flexibility index (Phi) is 3.97. The molecule has 1 aromatic heterocycles. The van der Waals surface area contributed by atoms with Crippen LogP contribution in [0.15, 0.2) is 18.2 Å². The Bertz CT molecular complexity index is 475. The lowest BCUT2D eigenvalue weighted by Gasteiger charge is -2.01. The molecule has 0 saturated heterocycles. The molecule has 2 rings (SSSR count). The maximum atomic E-state index is 8.45. The number of aliphatic hydroxyl groups excluding tert-OH is 1. The first kappa shape index (κ1) is 11.6. The molecular weight excluding hydrogens is 248 g/mol. The zero-order chi connectivity index (χ0) is 11.4.